The predicted octanol–water partition coefficient (Wildman–Crippen LogP) is 2.92. The molecule has 3 rings (SSSR count). The van der Waals surface area contributed by atoms with Gasteiger partial charge in [0.15, 0.2) is 0 Å². The van der Waals surface area contributed by atoms with Crippen molar-refractivity contribution in [3.05, 3.63) is 11.7 Å². The van der Waals surface area contributed by atoms with Crippen LogP contribution in [0.5, 0.6) is 0 Å². The summed E-state index contributed by atoms with van der Waals surface area (Å²) in [5.74, 6) is 2.46. The monoisotopic (exact) mass is 279 g/mol. The highest BCUT2D eigenvalue weighted by atomic mass is 16.5. The van der Waals surface area contributed by atoms with E-state index in [1.807, 2.05) is 6.92 Å². The van der Waals surface area contributed by atoms with Gasteiger partial charge in [0, 0.05) is 6.61 Å². The molecule has 2 fully saturated rings. The molecule has 0 aliphatic heterocycles. The summed E-state index contributed by atoms with van der Waals surface area (Å²) in [7, 11) is 0. The van der Waals surface area contributed by atoms with Crippen LogP contribution < -0.4 is 5.73 Å². The van der Waals surface area contributed by atoms with Gasteiger partial charge in [0.25, 0.3) is 0 Å². The minimum Gasteiger partial charge on any atom is -0.370 e. The molecule has 2 aliphatic rings. The normalized spacial score (nSPS) is 32.2. The van der Waals surface area contributed by atoms with Crippen molar-refractivity contribution in [2.24, 2.45) is 17.6 Å². The Kier molecular flexibility index (Phi) is 3.82. The Morgan fingerprint density at radius 1 is 1.45 bits per heavy atom. The minimum absolute atomic E-state index is 0.0119. The van der Waals surface area contributed by atoms with Crippen LogP contribution in [-0.2, 0) is 10.3 Å². The number of ether oxygens (including phenoxy) is 1. The third-order valence-corrected chi connectivity index (χ3v) is 4.55. The maximum atomic E-state index is 6.51. The Balaban J connectivity index is 1.78. The Bertz CT molecular complexity index is 458. The van der Waals surface area contributed by atoms with Crippen LogP contribution in [0.2, 0.25) is 0 Å². The molecule has 2 aliphatic carbocycles. The van der Waals surface area contributed by atoms with E-state index in [0.717, 1.165) is 19.3 Å². The van der Waals surface area contributed by atoms with E-state index < -0.39 is 5.54 Å². The average molecular weight is 279 g/mol. The molecule has 3 unspecified atom stereocenters. The lowest BCUT2D eigenvalue weighted by Crippen LogP contribution is -2.41. The smallest absolute Gasteiger partial charge is 0.246 e. The van der Waals surface area contributed by atoms with Crippen LogP contribution in [0, 0.1) is 11.8 Å². The zero-order chi connectivity index (χ0) is 14.2. The lowest BCUT2D eigenvalue weighted by atomic mass is 9.77. The average Bonchev–Trinajstić information content (AvgIpc) is 3.11. The first kappa shape index (κ1) is 14.0. The Hall–Kier alpha value is -0.940. The van der Waals surface area contributed by atoms with E-state index in [2.05, 4.69) is 17.1 Å². The molecule has 0 radical (unpaired) electrons. The Morgan fingerprint density at radius 3 is 2.90 bits per heavy atom. The number of aromatic nitrogens is 2. The first-order chi connectivity index (χ1) is 9.62. The van der Waals surface area contributed by atoms with Gasteiger partial charge in [-0.2, -0.15) is 4.98 Å². The maximum absolute atomic E-state index is 6.51. The van der Waals surface area contributed by atoms with Crippen molar-refractivity contribution < 1.29 is 9.26 Å². The van der Waals surface area contributed by atoms with Gasteiger partial charge in [0.05, 0.1) is 5.54 Å². The quantitative estimate of drug-likeness (QED) is 0.897. The molecule has 20 heavy (non-hydrogen) atoms. The minimum atomic E-state index is -0.441. The zero-order valence-corrected chi connectivity index (χ0v) is 12.5. The summed E-state index contributed by atoms with van der Waals surface area (Å²) in [5, 5.41) is 4.15. The third kappa shape index (κ3) is 2.74. The summed E-state index contributed by atoms with van der Waals surface area (Å²) in [6.45, 7) is 4.92. The molecular formula is C15H25N3O2. The van der Waals surface area contributed by atoms with Crippen molar-refractivity contribution >= 4 is 0 Å². The van der Waals surface area contributed by atoms with Gasteiger partial charge in [-0.05, 0) is 44.4 Å². The van der Waals surface area contributed by atoms with Crippen molar-refractivity contribution in [1.82, 2.24) is 10.1 Å². The molecule has 0 saturated heterocycles. The summed E-state index contributed by atoms with van der Waals surface area (Å²) in [5.41, 5.74) is 6.07. The summed E-state index contributed by atoms with van der Waals surface area (Å²) < 4.78 is 11.3. The molecule has 112 valence electrons. The van der Waals surface area contributed by atoms with Crippen LogP contribution in [-0.4, -0.2) is 16.7 Å². The van der Waals surface area contributed by atoms with E-state index in [1.165, 1.54) is 19.3 Å². The molecule has 0 amide bonds. The van der Waals surface area contributed by atoms with E-state index in [9.17, 15) is 0 Å². The van der Waals surface area contributed by atoms with Crippen LogP contribution in [0.15, 0.2) is 4.52 Å². The summed E-state index contributed by atoms with van der Waals surface area (Å²) >= 11 is 0. The molecule has 3 atom stereocenters. The van der Waals surface area contributed by atoms with Gasteiger partial charge < -0.3 is 15.0 Å². The van der Waals surface area contributed by atoms with Crippen molar-refractivity contribution in [2.45, 2.75) is 64.0 Å². The van der Waals surface area contributed by atoms with Crippen LogP contribution in [0.1, 0.15) is 70.2 Å². The zero-order valence-electron chi connectivity index (χ0n) is 12.5. The van der Waals surface area contributed by atoms with Crippen molar-refractivity contribution in [3.63, 3.8) is 0 Å². The molecule has 2 saturated carbocycles. The highest BCUT2D eigenvalue weighted by molar-refractivity contribution is 5.07. The van der Waals surface area contributed by atoms with Crippen LogP contribution in [0.25, 0.3) is 0 Å². The number of nitrogens with two attached hydrogens (primary N) is 1. The van der Waals surface area contributed by atoms with Crippen LogP contribution in [0.3, 0.4) is 0 Å². The number of nitrogens with zero attached hydrogens (tertiary/aromatic N) is 2. The van der Waals surface area contributed by atoms with E-state index in [-0.39, 0.29) is 6.10 Å². The third-order valence-electron chi connectivity index (χ3n) is 4.55. The van der Waals surface area contributed by atoms with Crippen LogP contribution >= 0.6 is 0 Å². The van der Waals surface area contributed by atoms with Crippen molar-refractivity contribution in [1.29, 1.82) is 0 Å². The highest BCUT2D eigenvalue weighted by Gasteiger charge is 2.40. The van der Waals surface area contributed by atoms with Gasteiger partial charge in [-0.3, -0.25) is 0 Å². The highest BCUT2D eigenvalue weighted by Crippen LogP contribution is 2.43. The van der Waals surface area contributed by atoms with E-state index in [1.54, 1.807) is 0 Å². The second-order valence-electron chi connectivity index (χ2n) is 6.53. The van der Waals surface area contributed by atoms with E-state index >= 15 is 0 Å². The number of rotatable bonds is 5. The van der Waals surface area contributed by atoms with Gasteiger partial charge in [0.1, 0.15) is 6.10 Å². The van der Waals surface area contributed by atoms with Gasteiger partial charge in [-0.15, -0.1) is 0 Å². The van der Waals surface area contributed by atoms with E-state index in [0.29, 0.717) is 30.2 Å². The van der Waals surface area contributed by atoms with Crippen molar-refractivity contribution in [3.8, 4) is 0 Å². The topological polar surface area (TPSA) is 74.2 Å². The fourth-order valence-electron chi connectivity index (χ4n) is 3.34. The first-order valence-corrected chi connectivity index (χ1v) is 7.87. The first-order valence-electron chi connectivity index (χ1n) is 7.87. The largest absolute Gasteiger partial charge is 0.370 e. The summed E-state index contributed by atoms with van der Waals surface area (Å²) in [4.78, 5) is 4.59. The molecule has 1 aromatic heterocycles. The molecule has 0 spiro atoms. The fraction of sp³-hybridized carbons (Fsp3) is 0.867. The maximum Gasteiger partial charge on any atom is 0.246 e. The number of hydrogen-bond donors (Lipinski definition) is 1. The van der Waals surface area contributed by atoms with Crippen LogP contribution in [0.4, 0.5) is 0 Å². The molecule has 2 N–H and O–H groups in total. The SMILES string of the molecule is CCOC(c1noc(C2(N)CCCC(C)C2)n1)C1CC1. The summed E-state index contributed by atoms with van der Waals surface area (Å²) in [6.07, 6.45) is 6.61. The second kappa shape index (κ2) is 5.45. The molecule has 0 aromatic carbocycles. The summed E-state index contributed by atoms with van der Waals surface area (Å²) in [6, 6.07) is 0. The standard InChI is InChI=1S/C15H25N3O2/c1-3-19-12(11-6-7-11)13-17-14(20-18-13)15(16)8-4-5-10(2)9-15/h10-12H,3-9,16H2,1-2H3. The fourth-order valence-corrected chi connectivity index (χ4v) is 3.34. The number of hydrogen-bond acceptors (Lipinski definition) is 5. The predicted molar refractivity (Wildman–Crippen MR) is 74.9 cm³/mol. The van der Waals surface area contributed by atoms with Crippen molar-refractivity contribution in [2.75, 3.05) is 6.61 Å². The molecule has 1 heterocycles. The molecule has 5 nitrogen and oxygen atoms in total. The van der Waals surface area contributed by atoms with Gasteiger partial charge in [0.2, 0.25) is 11.7 Å². The Labute approximate surface area is 120 Å². The molecule has 5 heteroatoms. The second-order valence-corrected chi connectivity index (χ2v) is 6.53. The lowest BCUT2D eigenvalue weighted by molar-refractivity contribution is 0.0384. The van der Waals surface area contributed by atoms with Gasteiger partial charge in [-0.1, -0.05) is 24.9 Å². The molecule has 0 bridgehead atoms. The molecule has 1 aromatic rings. The van der Waals surface area contributed by atoms with Gasteiger partial charge in [-0.25, -0.2) is 0 Å². The Morgan fingerprint density at radius 2 is 2.25 bits per heavy atom. The lowest BCUT2D eigenvalue weighted by Gasteiger charge is -2.33. The van der Waals surface area contributed by atoms with E-state index in [4.69, 9.17) is 15.0 Å². The van der Waals surface area contributed by atoms with Gasteiger partial charge >= 0.3 is 0 Å². The molecular weight excluding hydrogens is 254 g/mol.